The minimum atomic E-state index is -4.31. The summed E-state index contributed by atoms with van der Waals surface area (Å²) in [5.74, 6) is 0.246. The Morgan fingerprint density at radius 1 is 1.31 bits per heavy atom. The molecule has 0 N–H and O–H groups in total. The molecular formula is C8H6F3IO. The molecule has 0 fully saturated rings. The monoisotopic (exact) mass is 302 g/mol. The van der Waals surface area contributed by atoms with Gasteiger partial charge in [-0.15, -0.1) is 0 Å². The molecule has 1 aromatic carbocycles. The van der Waals surface area contributed by atoms with Crippen LogP contribution in [0.4, 0.5) is 13.2 Å². The highest BCUT2D eigenvalue weighted by Crippen LogP contribution is 2.36. The van der Waals surface area contributed by atoms with Crippen molar-refractivity contribution in [2.45, 2.75) is 6.18 Å². The molecule has 0 bridgehead atoms. The van der Waals surface area contributed by atoms with E-state index in [1.807, 2.05) is 0 Å². The molecule has 1 nitrogen and oxygen atoms in total. The van der Waals surface area contributed by atoms with Gasteiger partial charge in [0.2, 0.25) is 0 Å². The van der Waals surface area contributed by atoms with Gasteiger partial charge in [0.1, 0.15) is 5.75 Å². The predicted molar refractivity (Wildman–Crippen MR) is 50.7 cm³/mol. The molecular weight excluding hydrogens is 296 g/mol. The summed E-state index contributed by atoms with van der Waals surface area (Å²) in [6, 6.07) is 3.85. The summed E-state index contributed by atoms with van der Waals surface area (Å²) in [6.45, 7) is 0. The molecule has 0 spiro atoms. The van der Waals surface area contributed by atoms with E-state index in [1.54, 1.807) is 22.6 Å². The largest absolute Gasteiger partial charge is 0.496 e. The van der Waals surface area contributed by atoms with Crippen LogP contribution in [0.25, 0.3) is 0 Å². The molecule has 72 valence electrons. The molecule has 0 unspecified atom stereocenters. The maximum atomic E-state index is 12.3. The molecule has 0 saturated heterocycles. The van der Waals surface area contributed by atoms with Crippen molar-refractivity contribution >= 4 is 22.6 Å². The predicted octanol–water partition coefficient (Wildman–Crippen LogP) is 3.32. The fourth-order valence-electron chi connectivity index (χ4n) is 0.887. The van der Waals surface area contributed by atoms with Crippen molar-refractivity contribution in [3.8, 4) is 5.75 Å². The molecule has 1 aromatic rings. The lowest BCUT2D eigenvalue weighted by molar-refractivity contribution is -0.138. The molecule has 0 aliphatic heterocycles. The Morgan fingerprint density at radius 3 is 2.38 bits per heavy atom. The van der Waals surface area contributed by atoms with Crippen molar-refractivity contribution in [1.82, 2.24) is 0 Å². The summed E-state index contributed by atoms with van der Waals surface area (Å²) < 4.78 is 41.8. The van der Waals surface area contributed by atoms with Crippen LogP contribution < -0.4 is 4.74 Å². The Labute approximate surface area is 87.0 Å². The van der Waals surface area contributed by atoms with Gasteiger partial charge in [0.05, 0.1) is 16.2 Å². The van der Waals surface area contributed by atoms with E-state index in [0.29, 0.717) is 0 Å². The first-order valence-electron chi connectivity index (χ1n) is 3.36. The minimum absolute atomic E-state index is 0.0927. The second-order valence-electron chi connectivity index (χ2n) is 2.32. The van der Waals surface area contributed by atoms with Crippen LogP contribution in [0.15, 0.2) is 18.2 Å². The highest BCUT2D eigenvalue weighted by molar-refractivity contribution is 14.1. The van der Waals surface area contributed by atoms with Crippen LogP contribution in [0.5, 0.6) is 5.75 Å². The second-order valence-corrected chi connectivity index (χ2v) is 3.40. The number of methoxy groups -OCH3 is 1. The summed E-state index contributed by atoms with van der Waals surface area (Å²) in [6.07, 6.45) is -4.31. The van der Waals surface area contributed by atoms with Gasteiger partial charge in [-0.25, -0.2) is 0 Å². The van der Waals surface area contributed by atoms with Crippen LogP contribution in [0.1, 0.15) is 5.56 Å². The highest BCUT2D eigenvalue weighted by Gasteiger charge is 2.33. The zero-order chi connectivity index (χ0) is 10.1. The van der Waals surface area contributed by atoms with Crippen LogP contribution in [0.3, 0.4) is 0 Å². The van der Waals surface area contributed by atoms with Crippen LogP contribution >= 0.6 is 22.6 Å². The van der Waals surface area contributed by atoms with Crippen LogP contribution in [0.2, 0.25) is 0 Å². The van der Waals surface area contributed by atoms with Crippen LogP contribution in [0, 0.1) is 3.57 Å². The summed E-state index contributed by atoms with van der Waals surface area (Å²) in [5.41, 5.74) is -0.660. The third-order valence-electron chi connectivity index (χ3n) is 1.49. The maximum absolute atomic E-state index is 12.3. The number of hydrogen-bond acceptors (Lipinski definition) is 1. The van der Waals surface area contributed by atoms with Gasteiger partial charge in [0.25, 0.3) is 0 Å². The Hall–Kier alpha value is -0.460. The third kappa shape index (κ3) is 2.26. The van der Waals surface area contributed by atoms with Crippen molar-refractivity contribution in [3.05, 3.63) is 27.3 Å². The molecule has 5 heteroatoms. The van der Waals surface area contributed by atoms with Gasteiger partial charge in [0, 0.05) is 0 Å². The van der Waals surface area contributed by atoms with Crippen molar-refractivity contribution in [2.75, 3.05) is 7.11 Å². The molecule has 0 aromatic heterocycles. The van der Waals surface area contributed by atoms with E-state index in [2.05, 4.69) is 0 Å². The molecule has 0 radical (unpaired) electrons. The SMILES string of the molecule is COc1cccc(C(F)(F)F)c1I. The van der Waals surface area contributed by atoms with E-state index >= 15 is 0 Å². The highest BCUT2D eigenvalue weighted by atomic mass is 127. The molecule has 0 amide bonds. The first kappa shape index (κ1) is 10.6. The second kappa shape index (κ2) is 3.73. The molecule has 0 aliphatic rings. The standard InChI is InChI=1S/C8H6F3IO/c1-13-6-4-2-3-5(7(6)12)8(9,10)11/h2-4H,1H3. The first-order chi connectivity index (χ1) is 5.96. The van der Waals surface area contributed by atoms with Gasteiger partial charge < -0.3 is 4.74 Å². The molecule has 13 heavy (non-hydrogen) atoms. The van der Waals surface area contributed by atoms with Crippen molar-refractivity contribution in [3.63, 3.8) is 0 Å². The average molecular weight is 302 g/mol. The molecule has 0 saturated carbocycles. The smallest absolute Gasteiger partial charge is 0.417 e. The maximum Gasteiger partial charge on any atom is 0.417 e. The zero-order valence-electron chi connectivity index (χ0n) is 6.65. The Kier molecular flexibility index (Phi) is 3.05. The van der Waals surface area contributed by atoms with E-state index in [0.717, 1.165) is 6.07 Å². The fourth-order valence-corrected chi connectivity index (χ4v) is 1.77. The van der Waals surface area contributed by atoms with E-state index < -0.39 is 11.7 Å². The van der Waals surface area contributed by atoms with E-state index in [-0.39, 0.29) is 9.32 Å². The Bertz CT molecular complexity index is 309. The quantitative estimate of drug-likeness (QED) is 0.723. The lowest BCUT2D eigenvalue weighted by Crippen LogP contribution is -2.08. The third-order valence-corrected chi connectivity index (χ3v) is 2.60. The first-order valence-corrected chi connectivity index (χ1v) is 4.44. The van der Waals surface area contributed by atoms with E-state index in [4.69, 9.17) is 4.74 Å². The summed E-state index contributed by atoms with van der Waals surface area (Å²) in [7, 11) is 1.34. The topological polar surface area (TPSA) is 9.23 Å². The molecule has 1 rings (SSSR count). The van der Waals surface area contributed by atoms with Crippen molar-refractivity contribution < 1.29 is 17.9 Å². The molecule has 0 atom stereocenters. The number of rotatable bonds is 1. The number of benzene rings is 1. The average Bonchev–Trinajstić information content (AvgIpc) is 2.02. The number of alkyl halides is 3. The Balaban J connectivity index is 3.24. The van der Waals surface area contributed by atoms with Gasteiger partial charge in [-0.3, -0.25) is 0 Å². The Morgan fingerprint density at radius 2 is 1.92 bits per heavy atom. The summed E-state index contributed by atoms with van der Waals surface area (Å²) in [5, 5.41) is 0. The van der Waals surface area contributed by atoms with Crippen LogP contribution in [-0.4, -0.2) is 7.11 Å². The lowest BCUT2D eigenvalue weighted by Gasteiger charge is -2.11. The van der Waals surface area contributed by atoms with Crippen molar-refractivity contribution in [1.29, 1.82) is 0 Å². The van der Waals surface area contributed by atoms with Crippen molar-refractivity contribution in [2.24, 2.45) is 0 Å². The van der Waals surface area contributed by atoms with Gasteiger partial charge in [-0.2, -0.15) is 13.2 Å². The normalized spacial score (nSPS) is 11.5. The van der Waals surface area contributed by atoms with E-state index in [1.165, 1.54) is 19.2 Å². The van der Waals surface area contributed by atoms with Gasteiger partial charge in [-0.05, 0) is 34.7 Å². The minimum Gasteiger partial charge on any atom is -0.496 e. The summed E-state index contributed by atoms with van der Waals surface area (Å²) >= 11 is 1.62. The van der Waals surface area contributed by atoms with Gasteiger partial charge >= 0.3 is 6.18 Å². The molecule has 0 aliphatic carbocycles. The van der Waals surface area contributed by atoms with E-state index in [9.17, 15) is 13.2 Å². The number of hydrogen-bond donors (Lipinski definition) is 0. The zero-order valence-corrected chi connectivity index (χ0v) is 8.81. The lowest BCUT2D eigenvalue weighted by atomic mass is 10.2. The molecule has 0 heterocycles. The number of ether oxygens (including phenoxy) is 1. The van der Waals surface area contributed by atoms with Crippen LogP contribution in [-0.2, 0) is 6.18 Å². The van der Waals surface area contributed by atoms with Gasteiger partial charge in [-0.1, -0.05) is 6.07 Å². The van der Waals surface area contributed by atoms with Gasteiger partial charge in [0.15, 0.2) is 0 Å². The fraction of sp³-hybridized carbons (Fsp3) is 0.250. The number of halogens is 4. The summed E-state index contributed by atoms with van der Waals surface area (Å²) in [4.78, 5) is 0.